The smallest absolute Gasteiger partial charge is 0.346 e. The Bertz CT molecular complexity index is 219. The van der Waals surface area contributed by atoms with Crippen molar-refractivity contribution in [3.8, 4) is 0 Å². The second kappa shape index (κ2) is 6.70. The van der Waals surface area contributed by atoms with Crippen LogP contribution in [0.15, 0.2) is 0 Å². The molecule has 0 aromatic rings. The number of nitrogens with one attached hydrogen (secondary N) is 1. The van der Waals surface area contributed by atoms with Crippen molar-refractivity contribution in [2.24, 2.45) is 5.73 Å². The minimum Gasteiger partial charge on any atom is -0.346 e. The number of rotatable bonds is 6. The molecule has 3 N–H and O–H groups in total. The number of carbonyl (C=O) groups excluding carboxylic acids is 1. The summed E-state index contributed by atoms with van der Waals surface area (Å²) in [6.07, 6.45) is -4.37. The topological polar surface area (TPSA) is 58.4 Å². The average Bonchev–Trinajstić information content (AvgIpc) is 2.13. The van der Waals surface area contributed by atoms with Crippen molar-refractivity contribution in [3.05, 3.63) is 0 Å². The molecule has 4 nitrogen and oxygen atoms in total. The van der Waals surface area contributed by atoms with Gasteiger partial charge in [0.1, 0.15) is 6.54 Å². The number of nitrogens with zero attached hydrogens (tertiary/aromatic N) is 1. The van der Waals surface area contributed by atoms with Crippen molar-refractivity contribution in [2.45, 2.75) is 26.1 Å². The Morgan fingerprint density at radius 3 is 2.38 bits per heavy atom. The first-order valence-electron chi connectivity index (χ1n) is 5.04. The highest BCUT2D eigenvalue weighted by molar-refractivity contribution is 5.78. The monoisotopic (exact) mass is 241 g/mol. The Labute approximate surface area is 93.0 Å². The summed E-state index contributed by atoms with van der Waals surface area (Å²) in [7, 11) is 0. The minimum atomic E-state index is -4.37. The van der Waals surface area contributed by atoms with E-state index in [1.807, 2.05) is 19.2 Å². The van der Waals surface area contributed by atoms with Crippen molar-refractivity contribution in [3.63, 3.8) is 0 Å². The van der Waals surface area contributed by atoms with Crippen LogP contribution in [0.5, 0.6) is 0 Å². The molecule has 0 saturated heterocycles. The number of carbonyl (C=O) groups is 1. The van der Waals surface area contributed by atoms with Crippen LogP contribution in [0.2, 0.25) is 0 Å². The molecule has 0 bridgehead atoms. The maximum absolute atomic E-state index is 11.8. The molecule has 0 aromatic heterocycles. The predicted molar refractivity (Wildman–Crippen MR) is 54.8 cm³/mol. The molecule has 0 rings (SSSR count). The van der Waals surface area contributed by atoms with Gasteiger partial charge in [-0.05, 0) is 13.8 Å². The fraction of sp³-hybridized carbons (Fsp3) is 0.889. The molecule has 0 atom stereocenters. The fourth-order valence-electron chi connectivity index (χ4n) is 1.12. The molecule has 16 heavy (non-hydrogen) atoms. The SMILES string of the molecule is CC(C)N(CCN)CC(=O)NCC(F)(F)F. The predicted octanol–water partition coefficient (Wildman–Crippen LogP) is 0.334. The van der Waals surface area contributed by atoms with Crippen LogP contribution in [0.3, 0.4) is 0 Å². The van der Waals surface area contributed by atoms with E-state index < -0.39 is 18.6 Å². The second-order valence-corrected chi connectivity index (χ2v) is 3.74. The molecule has 0 aliphatic heterocycles. The molecule has 0 aromatic carbocycles. The van der Waals surface area contributed by atoms with Crippen LogP contribution >= 0.6 is 0 Å². The van der Waals surface area contributed by atoms with Gasteiger partial charge in [0.05, 0.1) is 6.54 Å². The number of amides is 1. The highest BCUT2D eigenvalue weighted by Gasteiger charge is 2.28. The second-order valence-electron chi connectivity index (χ2n) is 3.74. The molecule has 0 aliphatic carbocycles. The van der Waals surface area contributed by atoms with Crippen LogP contribution in [-0.4, -0.2) is 49.2 Å². The van der Waals surface area contributed by atoms with Crippen LogP contribution in [-0.2, 0) is 4.79 Å². The zero-order chi connectivity index (χ0) is 12.8. The summed E-state index contributed by atoms with van der Waals surface area (Å²) in [6, 6.07) is 0.0696. The van der Waals surface area contributed by atoms with Crippen LogP contribution in [0, 0.1) is 0 Å². The number of alkyl halides is 3. The summed E-state index contributed by atoms with van der Waals surface area (Å²) in [4.78, 5) is 12.9. The van der Waals surface area contributed by atoms with Gasteiger partial charge in [0.2, 0.25) is 5.91 Å². The Hall–Kier alpha value is -0.820. The average molecular weight is 241 g/mol. The highest BCUT2D eigenvalue weighted by atomic mass is 19.4. The molecular weight excluding hydrogens is 223 g/mol. The van der Waals surface area contributed by atoms with Crippen molar-refractivity contribution >= 4 is 5.91 Å². The molecule has 7 heteroatoms. The molecular formula is C9H18F3N3O. The molecule has 0 aliphatic rings. The van der Waals surface area contributed by atoms with E-state index in [4.69, 9.17) is 5.73 Å². The van der Waals surface area contributed by atoms with E-state index in [2.05, 4.69) is 0 Å². The number of nitrogens with two attached hydrogens (primary N) is 1. The molecule has 0 heterocycles. The van der Waals surface area contributed by atoms with Crippen LogP contribution in [0.4, 0.5) is 13.2 Å². The first kappa shape index (κ1) is 15.2. The van der Waals surface area contributed by atoms with Crippen LogP contribution in [0.25, 0.3) is 0 Å². The van der Waals surface area contributed by atoms with Gasteiger partial charge in [-0.25, -0.2) is 0 Å². The zero-order valence-corrected chi connectivity index (χ0v) is 9.47. The molecule has 0 spiro atoms. The van der Waals surface area contributed by atoms with E-state index in [0.717, 1.165) is 0 Å². The Balaban J connectivity index is 4.00. The van der Waals surface area contributed by atoms with Gasteiger partial charge in [-0.1, -0.05) is 0 Å². The Morgan fingerprint density at radius 2 is 2.00 bits per heavy atom. The quantitative estimate of drug-likeness (QED) is 0.704. The van der Waals surface area contributed by atoms with E-state index in [1.165, 1.54) is 0 Å². The third-order valence-electron chi connectivity index (χ3n) is 1.98. The zero-order valence-electron chi connectivity index (χ0n) is 9.47. The van der Waals surface area contributed by atoms with Crippen molar-refractivity contribution in [1.29, 1.82) is 0 Å². The van der Waals surface area contributed by atoms with Crippen molar-refractivity contribution < 1.29 is 18.0 Å². The Kier molecular flexibility index (Phi) is 6.35. The minimum absolute atomic E-state index is 0.0645. The van der Waals surface area contributed by atoms with Gasteiger partial charge < -0.3 is 11.1 Å². The van der Waals surface area contributed by atoms with Crippen molar-refractivity contribution in [1.82, 2.24) is 10.2 Å². The largest absolute Gasteiger partial charge is 0.405 e. The normalized spacial score (nSPS) is 12.2. The van der Waals surface area contributed by atoms with Crippen LogP contribution in [0.1, 0.15) is 13.8 Å². The highest BCUT2D eigenvalue weighted by Crippen LogP contribution is 2.12. The van der Waals surface area contributed by atoms with E-state index >= 15 is 0 Å². The summed E-state index contributed by atoms with van der Waals surface area (Å²) >= 11 is 0. The summed E-state index contributed by atoms with van der Waals surface area (Å²) in [6.45, 7) is 3.20. The lowest BCUT2D eigenvalue weighted by atomic mass is 10.3. The van der Waals surface area contributed by atoms with Crippen molar-refractivity contribution in [2.75, 3.05) is 26.2 Å². The summed E-state index contributed by atoms with van der Waals surface area (Å²) in [5.41, 5.74) is 5.33. The lowest BCUT2D eigenvalue weighted by Gasteiger charge is -2.25. The van der Waals surface area contributed by atoms with E-state index in [9.17, 15) is 18.0 Å². The standard InChI is InChI=1S/C9H18F3N3O/c1-7(2)15(4-3-13)5-8(16)14-6-9(10,11)12/h7H,3-6,13H2,1-2H3,(H,14,16). The van der Waals surface area contributed by atoms with Gasteiger partial charge in [0, 0.05) is 19.1 Å². The van der Waals surface area contributed by atoms with E-state index in [-0.39, 0.29) is 12.6 Å². The lowest BCUT2D eigenvalue weighted by Crippen LogP contribution is -2.45. The number of hydrogen-bond acceptors (Lipinski definition) is 3. The first-order valence-corrected chi connectivity index (χ1v) is 5.04. The fourth-order valence-corrected chi connectivity index (χ4v) is 1.12. The molecule has 0 fully saturated rings. The summed E-state index contributed by atoms with van der Waals surface area (Å²) in [5.74, 6) is -0.639. The molecule has 0 unspecified atom stereocenters. The van der Waals surface area contributed by atoms with Gasteiger partial charge in [-0.3, -0.25) is 9.69 Å². The van der Waals surface area contributed by atoms with Crippen LogP contribution < -0.4 is 11.1 Å². The van der Waals surface area contributed by atoms with Gasteiger partial charge in [-0.2, -0.15) is 13.2 Å². The third-order valence-corrected chi connectivity index (χ3v) is 1.98. The molecule has 1 amide bonds. The number of halogens is 3. The Morgan fingerprint density at radius 1 is 1.44 bits per heavy atom. The summed E-state index contributed by atoms with van der Waals surface area (Å²) in [5, 5.41) is 1.82. The number of hydrogen-bond donors (Lipinski definition) is 2. The maximum Gasteiger partial charge on any atom is 0.405 e. The van der Waals surface area contributed by atoms with Gasteiger partial charge in [0.15, 0.2) is 0 Å². The van der Waals surface area contributed by atoms with Gasteiger partial charge in [0.25, 0.3) is 0 Å². The van der Waals surface area contributed by atoms with E-state index in [0.29, 0.717) is 13.1 Å². The van der Waals surface area contributed by atoms with E-state index in [1.54, 1.807) is 4.90 Å². The molecule has 0 saturated carbocycles. The molecule has 0 radical (unpaired) electrons. The lowest BCUT2D eigenvalue weighted by molar-refractivity contribution is -0.139. The molecule has 96 valence electrons. The summed E-state index contributed by atoms with van der Waals surface area (Å²) < 4.78 is 35.4. The van der Waals surface area contributed by atoms with Gasteiger partial charge in [-0.15, -0.1) is 0 Å². The van der Waals surface area contributed by atoms with Gasteiger partial charge >= 0.3 is 6.18 Å². The third kappa shape index (κ3) is 7.47. The maximum atomic E-state index is 11.8. The first-order chi connectivity index (χ1) is 7.26.